The molecule has 0 bridgehead atoms. The fourth-order valence-corrected chi connectivity index (χ4v) is 1.97. The van der Waals surface area contributed by atoms with Gasteiger partial charge in [0.25, 0.3) is 0 Å². The van der Waals surface area contributed by atoms with Crippen molar-refractivity contribution < 1.29 is 13.6 Å². The molecule has 1 amide bonds. The summed E-state index contributed by atoms with van der Waals surface area (Å²) in [6.07, 6.45) is 0.268. The van der Waals surface area contributed by atoms with E-state index in [9.17, 15) is 13.6 Å². The van der Waals surface area contributed by atoms with Crippen molar-refractivity contribution in [2.45, 2.75) is 25.3 Å². The van der Waals surface area contributed by atoms with Crippen LogP contribution in [0.3, 0.4) is 0 Å². The van der Waals surface area contributed by atoms with Crippen molar-refractivity contribution in [2.24, 2.45) is 0 Å². The van der Waals surface area contributed by atoms with E-state index >= 15 is 0 Å². The van der Waals surface area contributed by atoms with Crippen LogP contribution < -0.4 is 5.32 Å². The van der Waals surface area contributed by atoms with Gasteiger partial charge in [0.1, 0.15) is 11.6 Å². The van der Waals surface area contributed by atoms with E-state index in [4.69, 9.17) is 0 Å². The number of rotatable bonds is 1. The highest BCUT2D eigenvalue weighted by molar-refractivity contribution is 5.80. The maximum atomic E-state index is 13.4. The maximum Gasteiger partial charge on any atom is 0.220 e. The maximum absolute atomic E-state index is 13.4. The minimum Gasteiger partial charge on any atom is -0.353 e. The lowest BCUT2D eigenvalue weighted by Gasteiger charge is -2.14. The van der Waals surface area contributed by atoms with Crippen molar-refractivity contribution in [1.82, 2.24) is 5.32 Å². The lowest BCUT2D eigenvalue weighted by Crippen LogP contribution is -2.24. The minimum atomic E-state index is -0.596. The van der Waals surface area contributed by atoms with E-state index < -0.39 is 11.6 Å². The Balaban J connectivity index is 2.33. The summed E-state index contributed by atoms with van der Waals surface area (Å²) in [6.45, 7) is 1.82. The highest BCUT2D eigenvalue weighted by Gasteiger charge is 2.31. The fourth-order valence-electron chi connectivity index (χ4n) is 1.97. The summed E-state index contributed by atoms with van der Waals surface area (Å²) < 4.78 is 26.1. The summed E-state index contributed by atoms with van der Waals surface area (Å²) in [5.41, 5.74) is 0.405. The van der Waals surface area contributed by atoms with Gasteiger partial charge in [-0.15, -0.1) is 0 Å². The minimum absolute atomic E-state index is 0.0868. The molecule has 0 spiro atoms. The Kier molecular flexibility index (Phi) is 2.42. The van der Waals surface area contributed by atoms with Gasteiger partial charge in [0.05, 0.1) is 0 Å². The molecular formula is C11H11F2NO. The molecule has 1 aromatic rings. The first-order chi connectivity index (χ1) is 7.08. The lowest BCUT2D eigenvalue weighted by atomic mass is 9.92. The first-order valence-electron chi connectivity index (χ1n) is 4.82. The Morgan fingerprint density at radius 2 is 2.13 bits per heavy atom. The topological polar surface area (TPSA) is 29.1 Å². The van der Waals surface area contributed by atoms with Crippen LogP contribution in [0.1, 0.15) is 24.8 Å². The van der Waals surface area contributed by atoms with Gasteiger partial charge in [-0.2, -0.15) is 0 Å². The molecule has 1 fully saturated rings. The Morgan fingerprint density at radius 1 is 1.40 bits per heavy atom. The second kappa shape index (κ2) is 3.61. The molecular weight excluding hydrogens is 200 g/mol. The second-order valence-corrected chi connectivity index (χ2v) is 3.83. The Morgan fingerprint density at radius 3 is 2.67 bits per heavy atom. The third-order valence-corrected chi connectivity index (χ3v) is 2.76. The number of amides is 1. The molecule has 4 heteroatoms. The molecule has 0 saturated carbocycles. The molecule has 0 aromatic heterocycles. The largest absolute Gasteiger partial charge is 0.353 e. The molecule has 1 saturated heterocycles. The highest BCUT2D eigenvalue weighted by Crippen LogP contribution is 2.30. The van der Waals surface area contributed by atoms with Gasteiger partial charge < -0.3 is 5.32 Å². The average Bonchev–Trinajstić information content (AvgIpc) is 2.45. The van der Waals surface area contributed by atoms with Crippen LogP contribution in [0.5, 0.6) is 0 Å². The summed E-state index contributed by atoms with van der Waals surface area (Å²) in [7, 11) is 0. The number of hydrogen-bond donors (Lipinski definition) is 1. The van der Waals surface area contributed by atoms with Gasteiger partial charge in [0, 0.05) is 24.4 Å². The average molecular weight is 211 g/mol. The molecule has 0 aliphatic carbocycles. The van der Waals surface area contributed by atoms with Crippen molar-refractivity contribution in [1.29, 1.82) is 0 Å². The summed E-state index contributed by atoms with van der Waals surface area (Å²) in [5, 5.41) is 2.71. The lowest BCUT2D eigenvalue weighted by molar-refractivity contribution is -0.119. The zero-order chi connectivity index (χ0) is 11.0. The van der Waals surface area contributed by atoms with Crippen LogP contribution in [-0.4, -0.2) is 11.9 Å². The van der Waals surface area contributed by atoms with E-state index in [0.29, 0.717) is 5.56 Å². The molecule has 1 N–H and O–H groups in total. The molecule has 2 atom stereocenters. The quantitative estimate of drug-likeness (QED) is 0.755. The molecule has 1 aliphatic heterocycles. The van der Waals surface area contributed by atoms with E-state index in [1.807, 2.05) is 6.92 Å². The van der Waals surface area contributed by atoms with E-state index in [-0.39, 0.29) is 24.3 Å². The predicted octanol–water partition coefficient (Wildman–Crippen LogP) is 1.96. The molecule has 2 unspecified atom stereocenters. The molecule has 2 nitrogen and oxygen atoms in total. The van der Waals surface area contributed by atoms with Crippen LogP contribution in [0.4, 0.5) is 8.78 Å². The number of benzene rings is 1. The van der Waals surface area contributed by atoms with Crippen molar-refractivity contribution in [3.63, 3.8) is 0 Å². The van der Waals surface area contributed by atoms with Crippen LogP contribution in [0.2, 0.25) is 0 Å². The SMILES string of the molecule is CC1NC(=O)CC1c1ccc(F)cc1F. The number of hydrogen-bond acceptors (Lipinski definition) is 1. The van der Waals surface area contributed by atoms with Crippen molar-refractivity contribution in [2.75, 3.05) is 0 Å². The monoisotopic (exact) mass is 211 g/mol. The Bertz CT molecular complexity index is 406. The molecule has 0 radical (unpaired) electrons. The summed E-state index contributed by atoms with van der Waals surface area (Å²) in [6, 6.07) is 3.38. The van der Waals surface area contributed by atoms with Crippen LogP contribution in [-0.2, 0) is 4.79 Å². The zero-order valence-electron chi connectivity index (χ0n) is 8.26. The van der Waals surface area contributed by atoms with Crippen molar-refractivity contribution >= 4 is 5.91 Å². The summed E-state index contributed by atoms with van der Waals surface area (Å²) in [5.74, 6) is -1.46. The Labute approximate surface area is 86.3 Å². The standard InChI is InChI=1S/C11H11F2NO/c1-6-9(5-11(15)14-6)8-3-2-7(12)4-10(8)13/h2-4,6,9H,5H2,1H3,(H,14,15). The molecule has 2 rings (SSSR count). The van der Waals surface area contributed by atoms with Crippen LogP contribution in [0.15, 0.2) is 18.2 Å². The normalized spacial score (nSPS) is 25.4. The van der Waals surface area contributed by atoms with Crippen LogP contribution in [0, 0.1) is 11.6 Å². The van der Waals surface area contributed by atoms with Gasteiger partial charge in [0.15, 0.2) is 0 Å². The van der Waals surface area contributed by atoms with Gasteiger partial charge in [-0.1, -0.05) is 6.07 Å². The first-order valence-corrected chi connectivity index (χ1v) is 4.82. The third kappa shape index (κ3) is 1.84. The van der Waals surface area contributed by atoms with E-state index in [0.717, 1.165) is 6.07 Å². The molecule has 15 heavy (non-hydrogen) atoms. The Hall–Kier alpha value is -1.45. The summed E-state index contributed by atoms with van der Waals surface area (Å²) in [4.78, 5) is 11.1. The third-order valence-electron chi connectivity index (χ3n) is 2.76. The molecule has 1 aliphatic rings. The van der Waals surface area contributed by atoms with Gasteiger partial charge in [-0.3, -0.25) is 4.79 Å². The van der Waals surface area contributed by atoms with E-state index in [1.54, 1.807) is 0 Å². The van der Waals surface area contributed by atoms with Gasteiger partial charge in [0.2, 0.25) is 5.91 Å². The molecule has 80 valence electrons. The van der Waals surface area contributed by atoms with Gasteiger partial charge >= 0.3 is 0 Å². The number of halogens is 2. The van der Waals surface area contributed by atoms with Gasteiger partial charge in [-0.05, 0) is 18.6 Å². The summed E-state index contributed by atoms with van der Waals surface area (Å²) >= 11 is 0. The second-order valence-electron chi connectivity index (χ2n) is 3.83. The van der Waals surface area contributed by atoms with Gasteiger partial charge in [-0.25, -0.2) is 8.78 Å². The molecule has 1 heterocycles. The highest BCUT2D eigenvalue weighted by atomic mass is 19.1. The van der Waals surface area contributed by atoms with Crippen molar-refractivity contribution in [3.05, 3.63) is 35.4 Å². The van der Waals surface area contributed by atoms with Crippen LogP contribution >= 0.6 is 0 Å². The fraction of sp³-hybridized carbons (Fsp3) is 0.364. The van der Waals surface area contributed by atoms with E-state index in [1.165, 1.54) is 12.1 Å². The first kappa shape index (κ1) is 10.1. The van der Waals surface area contributed by atoms with Crippen LogP contribution in [0.25, 0.3) is 0 Å². The predicted molar refractivity (Wildman–Crippen MR) is 51.3 cm³/mol. The van der Waals surface area contributed by atoms with Crippen molar-refractivity contribution in [3.8, 4) is 0 Å². The smallest absolute Gasteiger partial charge is 0.220 e. The number of nitrogens with one attached hydrogen (secondary N) is 1. The van der Waals surface area contributed by atoms with E-state index in [2.05, 4.69) is 5.32 Å². The molecule has 1 aromatic carbocycles. The number of carbonyl (C=O) groups excluding carboxylic acids is 1. The zero-order valence-corrected chi connectivity index (χ0v) is 8.26. The number of carbonyl (C=O) groups is 1.